The Morgan fingerprint density at radius 3 is 2.72 bits per heavy atom. The minimum Gasteiger partial charge on any atom is -0.291 e. The van der Waals surface area contributed by atoms with E-state index in [4.69, 9.17) is 0 Å². The lowest BCUT2D eigenvalue weighted by Crippen LogP contribution is -2.44. The fourth-order valence-corrected chi connectivity index (χ4v) is 2.46. The van der Waals surface area contributed by atoms with Crippen molar-refractivity contribution in [3.63, 3.8) is 0 Å². The van der Waals surface area contributed by atoms with Gasteiger partial charge in [0.1, 0.15) is 5.82 Å². The Morgan fingerprint density at radius 2 is 2.17 bits per heavy atom. The summed E-state index contributed by atoms with van der Waals surface area (Å²) < 4.78 is 0. The average Bonchev–Trinajstić information content (AvgIpc) is 2.51. The predicted octanol–water partition coefficient (Wildman–Crippen LogP) is 3.28. The standard InChI is InChI=1S/C15H20N2O/c1-10(2)9-12-11-7-6-8-16-13(11)17(14(12)18)15(3,4)5/h6-8,12H,1,9H2,2-5H3. The number of rotatable bonds is 2. The van der Waals surface area contributed by atoms with Crippen molar-refractivity contribution in [1.29, 1.82) is 0 Å². The number of aromatic nitrogens is 1. The molecule has 0 fully saturated rings. The van der Waals surface area contributed by atoms with Gasteiger partial charge in [0, 0.05) is 17.3 Å². The molecule has 96 valence electrons. The Bertz CT molecular complexity index is 499. The van der Waals surface area contributed by atoms with Crippen LogP contribution in [0.1, 0.15) is 45.6 Å². The average molecular weight is 244 g/mol. The van der Waals surface area contributed by atoms with Gasteiger partial charge in [-0.3, -0.25) is 9.69 Å². The first-order valence-corrected chi connectivity index (χ1v) is 6.25. The van der Waals surface area contributed by atoms with Gasteiger partial charge in [0.25, 0.3) is 0 Å². The quantitative estimate of drug-likeness (QED) is 0.748. The third kappa shape index (κ3) is 2.05. The normalized spacial score (nSPS) is 19.0. The second-order valence-electron chi connectivity index (χ2n) is 5.97. The topological polar surface area (TPSA) is 33.2 Å². The highest BCUT2D eigenvalue weighted by molar-refractivity contribution is 6.05. The number of carbonyl (C=O) groups excluding carboxylic acids is 1. The van der Waals surface area contributed by atoms with Gasteiger partial charge in [-0.25, -0.2) is 4.98 Å². The number of hydrogen-bond acceptors (Lipinski definition) is 2. The highest BCUT2D eigenvalue weighted by Gasteiger charge is 2.42. The van der Waals surface area contributed by atoms with E-state index < -0.39 is 0 Å². The monoisotopic (exact) mass is 244 g/mol. The molecule has 0 aromatic carbocycles. The van der Waals surface area contributed by atoms with Gasteiger partial charge in [0.15, 0.2) is 0 Å². The van der Waals surface area contributed by atoms with E-state index in [-0.39, 0.29) is 17.4 Å². The molecule has 0 N–H and O–H groups in total. The number of allylic oxidation sites excluding steroid dienone is 1. The summed E-state index contributed by atoms with van der Waals surface area (Å²) in [7, 11) is 0. The lowest BCUT2D eigenvalue weighted by atomic mass is 9.95. The van der Waals surface area contributed by atoms with Gasteiger partial charge in [-0.1, -0.05) is 11.6 Å². The van der Waals surface area contributed by atoms with Crippen LogP contribution in [-0.4, -0.2) is 16.4 Å². The summed E-state index contributed by atoms with van der Waals surface area (Å²) in [5, 5.41) is 0. The molecule has 3 nitrogen and oxygen atoms in total. The molecule has 0 bridgehead atoms. The zero-order valence-corrected chi connectivity index (χ0v) is 11.5. The molecule has 0 spiro atoms. The van der Waals surface area contributed by atoms with E-state index in [1.165, 1.54) is 0 Å². The van der Waals surface area contributed by atoms with E-state index in [1.807, 2.05) is 44.7 Å². The van der Waals surface area contributed by atoms with Crippen molar-refractivity contribution in [1.82, 2.24) is 4.98 Å². The number of carbonyl (C=O) groups is 1. The van der Waals surface area contributed by atoms with Crippen LogP contribution < -0.4 is 4.90 Å². The third-order valence-electron chi connectivity index (χ3n) is 3.15. The van der Waals surface area contributed by atoms with Crippen LogP contribution in [0.4, 0.5) is 5.82 Å². The predicted molar refractivity (Wildman–Crippen MR) is 73.6 cm³/mol. The van der Waals surface area contributed by atoms with Crippen LogP contribution in [0.5, 0.6) is 0 Å². The lowest BCUT2D eigenvalue weighted by molar-refractivity contribution is -0.120. The molecule has 1 atom stereocenters. The lowest BCUT2D eigenvalue weighted by Gasteiger charge is -2.31. The molecule has 1 amide bonds. The van der Waals surface area contributed by atoms with E-state index in [0.29, 0.717) is 6.42 Å². The molecule has 18 heavy (non-hydrogen) atoms. The van der Waals surface area contributed by atoms with E-state index >= 15 is 0 Å². The Hall–Kier alpha value is -1.64. The van der Waals surface area contributed by atoms with Crippen LogP contribution in [0.3, 0.4) is 0 Å². The second-order valence-corrected chi connectivity index (χ2v) is 5.97. The maximum atomic E-state index is 12.6. The smallest absolute Gasteiger partial charge is 0.236 e. The van der Waals surface area contributed by atoms with Crippen LogP contribution in [0.25, 0.3) is 0 Å². The minimum atomic E-state index is -0.246. The molecule has 0 saturated carbocycles. The second kappa shape index (κ2) is 4.23. The van der Waals surface area contributed by atoms with Crippen LogP contribution in [0, 0.1) is 0 Å². The Balaban J connectivity index is 2.50. The molecular weight excluding hydrogens is 224 g/mol. The van der Waals surface area contributed by atoms with Crippen molar-refractivity contribution in [2.45, 2.75) is 45.6 Å². The van der Waals surface area contributed by atoms with Crippen molar-refractivity contribution >= 4 is 11.7 Å². The van der Waals surface area contributed by atoms with Crippen molar-refractivity contribution < 1.29 is 4.79 Å². The Kier molecular flexibility index (Phi) is 3.01. The van der Waals surface area contributed by atoms with Crippen LogP contribution in [-0.2, 0) is 4.79 Å². The third-order valence-corrected chi connectivity index (χ3v) is 3.15. The summed E-state index contributed by atoms with van der Waals surface area (Å²) in [5.41, 5.74) is 1.81. The SMILES string of the molecule is C=C(C)CC1C(=O)N(C(C)(C)C)c2ncccc21. The van der Waals surface area contributed by atoms with Gasteiger partial charge >= 0.3 is 0 Å². The summed E-state index contributed by atoms with van der Waals surface area (Å²) in [4.78, 5) is 18.8. The van der Waals surface area contributed by atoms with E-state index in [0.717, 1.165) is 17.0 Å². The first-order chi connectivity index (χ1) is 8.32. The fourth-order valence-electron chi connectivity index (χ4n) is 2.46. The van der Waals surface area contributed by atoms with Gasteiger partial charge in [-0.15, -0.1) is 6.58 Å². The number of amides is 1. The Morgan fingerprint density at radius 1 is 1.50 bits per heavy atom. The van der Waals surface area contributed by atoms with Gasteiger partial charge in [-0.05, 0) is 40.2 Å². The van der Waals surface area contributed by atoms with Crippen LogP contribution >= 0.6 is 0 Å². The minimum absolute atomic E-state index is 0.120. The van der Waals surface area contributed by atoms with E-state index in [1.54, 1.807) is 6.20 Å². The van der Waals surface area contributed by atoms with E-state index in [9.17, 15) is 4.79 Å². The number of nitrogens with zero attached hydrogens (tertiary/aromatic N) is 2. The van der Waals surface area contributed by atoms with E-state index in [2.05, 4.69) is 11.6 Å². The molecule has 1 aromatic rings. The molecule has 2 heterocycles. The van der Waals surface area contributed by atoms with Crippen LogP contribution in [0.2, 0.25) is 0 Å². The fraction of sp³-hybridized carbons (Fsp3) is 0.467. The zero-order valence-electron chi connectivity index (χ0n) is 11.5. The summed E-state index contributed by atoms with van der Waals surface area (Å²) in [5.74, 6) is 0.825. The van der Waals surface area contributed by atoms with Crippen molar-refractivity contribution in [2.75, 3.05) is 4.90 Å². The number of anilines is 1. The van der Waals surface area contributed by atoms with Crippen LogP contribution in [0.15, 0.2) is 30.5 Å². The summed E-state index contributed by atoms with van der Waals surface area (Å²) in [6.07, 6.45) is 2.44. The van der Waals surface area contributed by atoms with Gasteiger partial charge in [0.2, 0.25) is 5.91 Å². The van der Waals surface area contributed by atoms with Crippen molar-refractivity contribution in [3.8, 4) is 0 Å². The molecule has 0 aliphatic carbocycles. The number of hydrogen-bond donors (Lipinski definition) is 0. The molecule has 0 saturated heterocycles. The van der Waals surface area contributed by atoms with Crippen molar-refractivity contribution in [3.05, 3.63) is 36.0 Å². The molecule has 0 radical (unpaired) electrons. The molecule has 2 rings (SSSR count). The first-order valence-electron chi connectivity index (χ1n) is 6.25. The number of pyridine rings is 1. The Labute approximate surface area is 109 Å². The summed E-state index contributed by atoms with van der Waals surface area (Å²) in [6, 6.07) is 3.89. The summed E-state index contributed by atoms with van der Waals surface area (Å²) >= 11 is 0. The molecule has 1 aliphatic heterocycles. The molecule has 3 heteroatoms. The van der Waals surface area contributed by atoms with Crippen molar-refractivity contribution in [2.24, 2.45) is 0 Å². The molecular formula is C15H20N2O. The highest BCUT2D eigenvalue weighted by Crippen LogP contribution is 2.41. The molecule has 1 aliphatic rings. The van der Waals surface area contributed by atoms with Gasteiger partial charge < -0.3 is 0 Å². The van der Waals surface area contributed by atoms with Gasteiger partial charge in [-0.2, -0.15) is 0 Å². The van der Waals surface area contributed by atoms with Gasteiger partial charge in [0.05, 0.1) is 5.92 Å². The maximum absolute atomic E-state index is 12.6. The first kappa shape index (κ1) is 12.8. The molecule has 1 aromatic heterocycles. The largest absolute Gasteiger partial charge is 0.291 e. The zero-order chi connectivity index (χ0) is 13.5. The number of fused-ring (bicyclic) bond motifs is 1. The molecule has 1 unspecified atom stereocenters. The summed E-state index contributed by atoms with van der Waals surface area (Å²) in [6.45, 7) is 12.0. The highest BCUT2D eigenvalue weighted by atomic mass is 16.2. The maximum Gasteiger partial charge on any atom is 0.236 e.